The number of nitrogens with zero attached hydrogens (tertiary/aromatic N) is 1. The second kappa shape index (κ2) is 9.13. The Bertz CT molecular complexity index is 1000. The molecule has 0 unspecified atom stereocenters. The van der Waals surface area contributed by atoms with Crippen LogP contribution in [-0.4, -0.2) is 47.3 Å². The average molecular weight is 408 g/mol. The van der Waals surface area contributed by atoms with Crippen LogP contribution in [0.1, 0.15) is 26.3 Å². The molecule has 0 spiro atoms. The van der Waals surface area contributed by atoms with Crippen molar-refractivity contribution in [1.29, 1.82) is 0 Å². The van der Waals surface area contributed by atoms with Gasteiger partial charge in [-0.25, -0.2) is 4.79 Å². The number of benzene rings is 3. The highest BCUT2D eigenvalue weighted by Crippen LogP contribution is 2.29. The van der Waals surface area contributed by atoms with Gasteiger partial charge in [0, 0.05) is 19.6 Å². The number of alkyl carbamates (subject to hydrolysis) is 1. The Kier molecular flexibility index (Phi) is 6.57. The molecule has 6 heteroatoms. The summed E-state index contributed by atoms with van der Waals surface area (Å²) in [4.78, 5) is 25.2. The molecule has 0 fully saturated rings. The van der Waals surface area contributed by atoms with Gasteiger partial charge in [0.25, 0.3) is 0 Å². The summed E-state index contributed by atoms with van der Waals surface area (Å²) in [6.07, 6.45) is -0.506. The average Bonchev–Trinajstić information content (AvgIpc) is 2.65. The van der Waals surface area contributed by atoms with Crippen LogP contribution in [0.2, 0.25) is 0 Å². The molecule has 0 saturated carbocycles. The zero-order valence-electron chi connectivity index (χ0n) is 17.6. The minimum Gasteiger partial charge on any atom is -0.480 e. The number of hydrogen-bond donors (Lipinski definition) is 2. The Hall–Kier alpha value is -3.12. The molecule has 0 saturated heterocycles. The summed E-state index contributed by atoms with van der Waals surface area (Å²) in [5.74, 6) is -0.906. The topological polar surface area (TPSA) is 78.9 Å². The largest absolute Gasteiger partial charge is 0.480 e. The van der Waals surface area contributed by atoms with E-state index in [1.165, 1.54) is 0 Å². The molecule has 0 aliphatic heterocycles. The van der Waals surface area contributed by atoms with Gasteiger partial charge in [-0.3, -0.25) is 9.69 Å². The van der Waals surface area contributed by atoms with Gasteiger partial charge in [-0.2, -0.15) is 0 Å². The number of carbonyl (C=O) groups excluding carboxylic acids is 1. The van der Waals surface area contributed by atoms with Crippen LogP contribution in [-0.2, 0) is 16.1 Å². The molecule has 1 amide bonds. The number of carbonyl (C=O) groups is 2. The van der Waals surface area contributed by atoms with Gasteiger partial charge in [-0.1, -0.05) is 48.5 Å². The number of hydrogen-bond acceptors (Lipinski definition) is 4. The lowest BCUT2D eigenvalue weighted by Crippen LogP contribution is -2.39. The highest BCUT2D eigenvalue weighted by molar-refractivity contribution is 6.02. The fourth-order valence-corrected chi connectivity index (χ4v) is 3.54. The number of carboxylic acids is 1. The minimum absolute atomic E-state index is 0.118. The first kappa shape index (κ1) is 21.6. The van der Waals surface area contributed by atoms with Crippen molar-refractivity contribution >= 4 is 33.6 Å². The van der Waals surface area contributed by atoms with Crippen LogP contribution in [0.5, 0.6) is 0 Å². The standard InChI is InChI=1S/C24H28N2O4/c1-24(2,3)30-23(29)25-12-13-26(16-22(27)28)15-21-19-10-6-4-8-17(19)14-18-9-5-7-11-20(18)21/h4-11,14H,12-13,15-16H2,1-3H3,(H,25,29)(H,27,28). The van der Waals surface area contributed by atoms with E-state index < -0.39 is 17.7 Å². The van der Waals surface area contributed by atoms with Gasteiger partial charge in [0.15, 0.2) is 0 Å². The Morgan fingerprint density at radius 3 is 2.10 bits per heavy atom. The minimum atomic E-state index is -0.906. The van der Waals surface area contributed by atoms with Crippen LogP contribution in [0.15, 0.2) is 54.6 Å². The van der Waals surface area contributed by atoms with Crippen molar-refractivity contribution in [1.82, 2.24) is 10.2 Å². The molecule has 3 rings (SSSR count). The summed E-state index contributed by atoms with van der Waals surface area (Å²) in [6.45, 7) is 6.44. The molecule has 3 aromatic carbocycles. The van der Waals surface area contributed by atoms with Crippen LogP contribution in [0.3, 0.4) is 0 Å². The van der Waals surface area contributed by atoms with E-state index in [-0.39, 0.29) is 6.54 Å². The molecule has 3 aromatic rings. The monoisotopic (exact) mass is 408 g/mol. The molecule has 0 bridgehead atoms. The fourth-order valence-electron chi connectivity index (χ4n) is 3.54. The van der Waals surface area contributed by atoms with E-state index in [0.29, 0.717) is 19.6 Å². The van der Waals surface area contributed by atoms with Crippen LogP contribution >= 0.6 is 0 Å². The Labute approximate surface area is 176 Å². The van der Waals surface area contributed by atoms with Crippen LogP contribution in [0, 0.1) is 0 Å². The van der Waals surface area contributed by atoms with Crippen LogP contribution in [0.25, 0.3) is 21.5 Å². The highest BCUT2D eigenvalue weighted by Gasteiger charge is 2.18. The van der Waals surface area contributed by atoms with E-state index in [0.717, 1.165) is 27.1 Å². The second-order valence-corrected chi connectivity index (χ2v) is 8.33. The predicted molar refractivity (Wildman–Crippen MR) is 119 cm³/mol. The van der Waals surface area contributed by atoms with E-state index in [9.17, 15) is 14.7 Å². The molecular formula is C24H28N2O4. The molecule has 0 heterocycles. The van der Waals surface area contributed by atoms with Gasteiger partial charge in [0.2, 0.25) is 0 Å². The first-order chi connectivity index (χ1) is 14.2. The third-order valence-corrected chi connectivity index (χ3v) is 4.72. The number of rotatable bonds is 7. The van der Waals surface area contributed by atoms with E-state index in [1.807, 2.05) is 29.2 Å². The number of carboxylic acid groups (broad SMARTS) is 1. The molecule has 30 heavy (non-hydrogen) atoms. The lowest BCUT2D eigenvalue weighted by molar-refractivity contribution is -0.138. The molecule has 0 radical (unpaired) electrons. The third kappa shape index (κ3) is 5.70. The first-order valence-corrected chi connectivity index (χ1v) is 10.0. The summed E-state index contributed by atoms with van der Waals surface area (Å²) >= 11 is 0. The van der Waals surface area contributed by atoms with Crippen molar-refractivity contribution in [2.24, 2.45) is 0 Å². The van der Waals surface area contributed by atoms with Crippen molar-refractivity contribution < 1.29 is 19.4 Å². The van der Waals surface area contributed by atoms with Gasteiger partial charge in [-0.05, 0) is 53.9 Å². The molecule has 0 aliphatic rings. The molecular weight excluding hydrogens is 380 g/mol. The molecule has 158 valence electrons. The molecule has 2 N–H and O–H groups in total. The molecule has 0 aromatic heterocycles. The maximum Gasteiger partial charge on any atom is 0.407 e. The lowest BCUT2D eigenvalue weighted by atomic mass is 9.96. The van der Waals surface area contributed by atoms with Gasteiger partial charge < -0.3 is 15.2 Å². The summed E-state index contributed by atoms with van der Waals surface area (Å²) in [5, 5.41) is 16.5. The first-order valence-electron chi connectivity index (χ1n) is 10.0. The van der Waals surface area contributed by atoms with Crippen molar-refractivity contribution in [3.8, 4) is 0 Å². The normalized spacial score (nSPS) is 11.7. The highest BCUT2D eigenvalue weighted by atomic mass is 16.6. The van der Waals surface area contributed by atoms with Crippen molar-refractivity contribution in [3.63, 3.8) is 0 Å². The zero-order chi connectivity index (χ0) is 21.7. The Balaban J connectivity index is 1.83. The SMILES string of the molecule is CC(C)(C)OC(=O)NCCN(CC(=O)O)Cc1c2ccccc2cc2ccccc12. The maximum atomic E-state index is 11.9. The number of nitrogens with one attached hydrogen (secondary N) is 1. The van der Waals surface area contributed by atoms with E-state index in [2.05, 4.69) is 35.6 Å². The summed E-state index contributed by atoms with van der Waals surface area (Å²) in [5.41, 5.74) is 0.509. The predicted octanol–water partition coefficient (Wildman–Crippen LogP) is 4.40. The fraction of sp³-hybridized carbons (Fsp3) is 0.333. The zero-order valence-corrected chi connectivity index (χ0v) is 17.6. The lowest BCUT2D eigenvalue weighted by Gasteiger charge is -2.24. The van der Waals surface area contributed by atoms with Crippen molar-refractivity contribution in [3.05, 3.63) is 60.2 Å². The number of amides is 1. The van der Waals surface area contributed by atoms with Gasteiger partial charge >= 0.3 is 12.1 Å². The molecule has 0 aliphatic carbocycles. The van der Waals surface area contributed by atoms with E-state index in [1.54, 1.807) is 20.8 Å². The Morgan fingerprint density at radius 1 is 1.00 bits per heavy atom. The maximum absolute atomic E-state index is 11.9. The number of ether oxygens (including phenoxy) is 1. The smallest absolute Gasteiger partial charge is 0.407 e. The van der Waals surface area contributed by atoms with Crippen molar-refractivity contribution in [2.75, 3.05) is 19.6 Å². The molecule has 6 nitrogen and oxygen atoms in total. The summed E-state index contributed by atoms with van der Waals surface area (Å²) < 4.78 is 5.25. The molecule has 0 atom stereocenters. The summed E-state index contributed by atoms with van der Waals surface area (Å²) in [6, 6.07) is 18.4. The van der Waals surface area contributed by atoms with E-state index >= 15 is 0 Å². The van der Waals surface area contributed by atoms with E-state index in [4.69, 9.17) is 4.74 Å². The van der Waals surface area contributed by atoms with Crippen molar-refractivity contribution in [2.45, 2.75) is 32.9 Å². The Morgan fingerprint density at radius 2 is 1.57 bits per heavy atom. The number of aliphatic carboxylic acids is 1. The summed E-state index contributed by atoms with van der Waals surface area (Å²) in [7, 11) is 0. The quantitative estimate of drug-likeness (QED) is 0.567. The van der Waals surface area contributed by atoms with Gasteiger partial charge in [-0.15, -0.1) is 0 Å². The van der Waals surface area contributed by atoms with Crippen LogP contribution in [0.4, 0.5) is 4.79 Å². The van der Waals surface area contributed by atoms with Gasteiger partial charge in [0.1, 0.15) is 5.60 Å². The van der Waals surface area contributed by atoms with Gasteiger partial charge in [0.05, 0.1) is 6.54 Å². The second-order valence-electron chi connectivity index (χ2n) is 8.33. The number of fused-ring (bicyclic) bond motifs is 2. The third-order valence-electron chi connectivity index (χ3n) is 4.72. The van der Waals surface area contributed by atoms with Crippen LogP contribution < -0.4 is 5.32 Å².